The zero-order valence-electron chi connectivity index (χ0n) is 16.1. The zero-order valence-corrected chi connectivity index (χ0v) is 17.7. The summed E-state index contributed by atoms with van der Waals surface area (Å²) < 4.78 is 1.71. The van der Waals surface area contributed by atoms with Crippen LogP contribution < -0.4 is 10.9 Å². The van der Waals surface area contributed by atoms with Crippen LogP contribution in [0.1, 0.15) is 44.0 Å². The number of fused-ring (bicyclic) bond motifs is 2. The summed E-state index contributed by atoms with van der Waals surface area (Å²) in [6.07, 6.45) is 4.07. The molecular formula is C21H24BrN3O3. The SMILES string of the molecule is C[C@@H]1C2C[C@@H](C[C@H]1Nc1cnn(-c3ccc(C(=O)O)cc3)c(=O)c1Br)C2(C)C. The molecule has 0 spiro atoms. The van der Waals surface area contributed by atoms with Crippen molar-refractivity contribution >= 4 is 27.6 Å². The molecule has 7 heteroatoms. The number of hydrogen-bond acceptors (Lipinski definition) is 4. The van der Waals surface area contributed by atoms with Gasteiger partial charge in [-0.1, -0.05) is 20.8 Å². The molecule has 1 heterocycles. The van der Waals surface area contributed by atoms with E-state index in [9.17, 15) is 9.59 Å². The van der Waals surface area contributed by atoms with Crippen LogP contribution in [0.5, 0.6) is 0 Å². The Morgan fingerprint density at radius 3 is 2.54 bits per heavy atom. The molecule has 3 saturated carbocycles. The van der Waals surface area contributed by atoms with Crippen molar-refractivity contribution in [2.45, 2.75) is 39.7 Å². The van der Waals surface area contributed by atoms with E-state index >= 15 is 0 Å². The van der Waals surface area contributed by atoms with Crippen LogP contribution in [-0.2, 0) is 0 Å². The van der Waals surface area contributed by atoms with Gasteiger partial charge in [-0.2, -0.15) is 9.78 Å². The summed E-state index contributed by atoms with van der Waals surface area (Å²) in [4.78, 5) is 23.8. The molecule has 0 radical (unpaired) electrons. The highest BCUT2D eigenvalue weighted by Crippen LogP contribution is 2.61. The number of aromatic nitrogens is 2. The first kappa shape index (κ1) is 19.2. The highest BCUT2D eigenvalue weighted by Gasteiger charge is 2.56. The number of benzene rings is 1. The van der Waals surface area contributed by atoms with Gasteiger partial charge in [0, 0.05) is 6.04 Å². The van der Waals surface area contributed by atoms with Gasteiger partial charge in [0.1, 0.15) is 4.47 Å². The summed E-state index contributed by atoms with van der Waals surface area (Å²) in [5.41, 5.74) is 1.54. The number of rotatable bonds is 4. The fourth-order valence-corrected chi connectivity index (χ4v) is 5.39. The van der Waals surface area contributed by atoms with E-state index in [0.29, 0.717) is 39.1 Å². The summed E-state index contributed by atoms with van der Waals surface area (Å²) in [5, 5.41) is 16.9. The molecule has 2 bridgehead atoms. The molecule has 4 atom stereocenters. The smallest absolute Gasteiger partial charge is 0.335 e. The average Bonchev–Trinajstić information content (AvgIpc) is 2.66. The number of nitrogens with one attached hydrogen (secondary N) is 1. The Kier molecular flexibility index (Phi) is 4.61. The molecule has 0 saturated heterocycles. The molecule has 6 nitrogen and oxygen atoms in total. The van der Waals surface area contributed by atoms with Crippen LogP contribution in [0.4, 0.5) is 5.69 Å². The first-order chi connectivity index (χ1) is 13.2. The molecule has 3 aliphatic carbocycles. The number of carbonyl (C=O) groups is 1. The minimum atomic E-state index is -1.00. The molecule has 148 valence electrons. The minimum absolute atomic E-state index is 0.168. The predicted octanol–water partition coefficient (Wildman–Crippen LogP) is 4.18. The number of halogens is 1. The van der Waals surface area contributed by atoms with Crippen molar-refractivity contribution in [3.63, 3.8) is 0 Å². The molecule has 5 rings (SSSR count). The number of nitrogens with zero attached hydrogens (tertiary/aromatic N) is 2. The van der Waals surface area contributed by atoms with Gasteiger partial charge in [-0.05, 0) is 76.2 Å². The maximum atomic E-state index is 12.8. The van der Waals surface area contributed by atoms with Crippen molar-refractivity contribution in [3.8, 4) is 5.69 Å². The lowest BCUT2D eigenvalue weighted by Gasteiger charge is -2.62. The van der Waals surface area contributed by atoms with Crippen molar-refractivity contribution < 1.29 is 9.90 Å². The summed E-state index contributed by atoms with van der Waals surface area (Å²) in [6, 6.07) is 6.42. The van der Waals surface area contributed by atoms with Crippen molar-refractivity contribution in [2.24, 2.45) is 23.2 Å². The Labute approximate surface area is 172 Å². The number of hydrogen-bond donors (Lipinski definition) is 2. The molecule has 3 fully saturated rings. The summed E-state index contributed by atoms with van der Waals surface area (Å²) in [5.74, 6) is 0.975. The average molecular weight is 446 g/mol. The fourth-order valence-electron chi connectivity index (χ4n) is 5.00. The first-order valence-electron chi connectivity index (χ1n) is 9.58. The van der Waals surface area contributed by atoms with E-state index in [1.54, 1.807) is 18.3 Å². The second-order valence-corrected chi connectivity index (χ2v) is 9.44. The van der Waals surface area contributed by atoms with Crippen LogP contribution in [0, 0.1) is 23.2 Å². The Hall–Kier alpha value is -2.15. The Bertz CT molecular complexity index is 983. The lowest BCUT2D eigenvalue weighted by molar-refractivity contribution is -0.105. The van der Waals surface area contributed by atoms with Crippen LogP contribution in [0.2, 0.25) is 0 Å². The van der Waals surface area contributed by atoms with Gasteiger partial charge in [-0.15, -0.1) is 0 Å². The van der Waals surface area contributed by atoms with Crippen LogP contribution >= 0.6 is 15.9 Å². The number of anilines is 1. The largest absolute Gasteiger partial charge is 0.478 e. The van der Waals surface area contributed by atoms with E-state index in [-0.39, 0.29) is 11.1 Å². The van der Waals surface area contributed by atoms with Crippen molar-refractivity contribution in [2.75, 3.05) is 5.32 Å². The summed E-state index contributed by atoms with van der Waals surface area (Å²) >= 11 is 3.43. The van der Waals surface area contributed by atoms with E-state index in [0.717, 1.165) is 12.3 Å². The predicted molar refractivity (Wildman–Crippen MR) is 111 cm³/mol. The Morgan fingerprint density at radius 1 is 1.29 bits per heavy atom. The standard InChI is InChI=1S/C21H24BrN3O3/c1-11-15-8-13(21(15,2)3)9-16(11)24-17-10-23-25(19(26)18(17)22)14-6-4-12(5-7-14)20(27)28/h4-7,10-11,13,15-16,24H,8-9H2,1-3H3,(H,27,28)/t11-,13+,15?,16-/m1/s1. The summed E-state index contributed by atoms with van der Waals surface area (Å²) in [6.45, 7) is 7.03. The van der Waals surface area contributed by atoms with Gasteiger partial charge < -0.3 is 10.4 Å². The first-order valence-corrected chi connectivity index (χ1v) is 10.4. The van der Waals surface area contributed by atoms with Gasteiger partial charge in [-0.3, -0.25) is 4.79 Å². The molecule has 1 unspecified atom stereocenters. The summed E-state index contributed by atoms with van der Waals surface area (Å²) in [7, 11) is 0. The van der Waals surface area contributed by atoms with E-state index in [2.05, 4.69) is 47.1 Å². The Morgan fingerprint density at radius 2 is 1.96 bits per heavy atom. The van der Waals surface area contributed by atoms with Gasteiger partial charge in [0.25, 0.3) is 5.56 Å². The molecule has 2 aromatic rings. The highest BCUT2D eigenvalue weighted by atomic mass is 79.9. The van der Waals surface area contributed by atoms with E-state index in [1.165, 1.54) is 23.2 Å². The normalized spacial score (nSPS) is 27.7. The second kappa shape index (κ2) is 6.72. The van der Waals surface area contributed by atoms with Crippen LogP contribution in [0.15, 0.2) is 39.7 Å². The monoisotopic (exact) mass is 445 g/mol. The van der Waals surface area contributed by atoms with Gasteiger partial charge in [0.15, 0.2) is 0 Å². The topological polar surface area (TPSA) is 84.2 Å². The van der Waals surface area contributed by atoms with E-state index < -0.39 is 5.97 Å². The van der Waals surface area contributed by atoms with Gasteiger partial charge in [-0.25, -0.2) is 4.79 Å². The number of carboxylic acids is 1. The molecule has 28 heavy (non-hydrogen) atoms. The van der Waals surface area contributed by atoms with Crippen LogP contribution in [0.3, 0.4) is 0 Å². The third kappa shape index (κ3) is 2.96. The third-order valence-corrected chi connectivity index (χ3v) is 7.74. The van der Waals surface area contributed by atoms with Gasteiger partial charge in [0.2, 0.25) is 0 Å². The third-order valence-electron chi connectivity index (χ3n) is 6.97. The van der Waals surface area contributed by atoms with Crippen molar-refractivity contribution in [3.05, 3.63) is 50.9 Å². The molecule has 1 aromatic carbocycles. The maximum Gasteiger partial charge on any atom is 0.335 e. The van der Waals surface area contributed by atoms with E-state index in [4.69, 9.17) is 5.11 Å². The Balaban J connectivity index is 1.57. The fraction of sp³-hybridized carbons (Fsp3) is 0.476. The molecule has 2 N–H and O–H groups in total. The van der Waals surface area contributed by atoms with Crippen molar-refractivity contribution in [1.29, 1.82) is 0 Å². The van der Waals surface area contributed by atoms with Crippen molar-refractivity contribution in [1.82, 2.24) is 9.78 Å². The lowest BCUT2D eigenvalue weighted by Crippen LogP contribution is -2.58. The number of carboxylic acid groups (broad SMARTS) is 1. The number of aromatic carboxylic acids is 1. The molecule has 0 amide bonds. The minimum Gasteiger partial charge on any atom is -0.478 e. The maximum absolute atomic E-state index is 12.8. The van der Waals surface area contributed by atoms with Crippen LogP contribution in [0.25, 0.3) is 5.69 Å². The second-order valence-electron chi connectivity index (χ2n) is 8.65. The van der Waals surface area contributed by atoms with Crippen LogP contribution in [-0.4, -0.2) is 26.9 Å². The molecule has 3 aliphatic rings. The molecular weight excluding hydrogens is 422 g/mol. The van der Waals surface area contributed by atoms with Gasteiger partial charge >= 0.3 is 5.97 Å². The van der Waals surface area contributed by atoms with E-state index in [1.807, 2.05) is 0 Å². The molecule has 1 aromatic heterocycles. The lowest BCUT2D eigenvalue weighted by atomic mass is 9.45. The highest BCUT2D eigenvalue weighted by molar-refractivity contribution is 9.10. The zero-order chi connectivity index (χ0) is 20.2. The molecule has 0 aliphatic heterocycles. The van der Waals surface area contributed by atoms with Gasteiger partial charge in [0.05, 0.1) is 23.1 Å². The quantitative estimate of drug-likeness (QED) is 0.737.